The van der Waals surface area contributed by atoms with Crippen LogP contribution in [0.3, 0.4) is 0 Å². The summed E-state index contributed by atoms with van der Waals surface area (Å²) in [5.41, 5.74) is 3.73. The van der Waals surface area contributed by atoms with Crippen LogP contribution in [-0.4, -0.2) is 30.8 Å². The first-order valence-electron chi connectivity index (χ1n) is 8.42. The molecule has 1 fully saturated rings. The number of aryl methyl sites for hydroxylation is 1. The molecule has 0 amide bonds. The Kier molecular flexibility index (Phi) is 4.51. The lowest BCUT2D eigenvalue weighted by molar-refractivity contribution is 0.00467. The van der Waals surface area contributed by atoms with E-state index in [1.165, 1.54) is 48.9 Å². The Morgan fingerprint density at radius 1 is 1.19 bits per heavy atom. The highest BCUT2D eigenvalue weighted by molar-refractivity contribution is 5.56. The number of hydrogen-bond donors (Lipinski definition) is 2. The van der Waals surface area contributed by atoms with Crippen molar-refractivity contribution in [2.75, 3.05) is 25.0 Å². The number of nitrogens with zero attached hydrogens (tertiary/aromatic N) is 1. The molecule has 0 spiro atoms. The van der Waals surface area contributed by atoms with Gasteiger partial charge >= 0.3 is 0 Å². The molecule has 3 heteroatoms. The van der Waals surface area contributed by atoms with Gasteiger partial charge in [-0.3, -0.25) is 0 Å². The van der Waals surface area contributed by atoms with Crippen molar-refractivity contribution in [2.24, 2.45) is 0 Å². The highest BCUT2D eigenvalue weighted by Gasteiger charge is 2.28. The van der Waals surface area contributed by atoms with Crippen LogP contribution >= 0.6 is 0 Å². The standard InChI is InChI=1S/C18H28N2O/c1-20-11-5-6-16-12-15(7-8-17(16)20)13-19-14-18(21)9-3-2-4-10-18/h7-8,12,19,21H,2-6,9-11,13-14H2,1H3. The first-order chi connectivity index (χ1) is 10.2. The monoisotopic (exact) mass is 288 g/mol. The zero-order valence-electron chi connectivity index (χ0n) is 13.2. The predicted octanol–water partition coefficient (Wildman–Crippen LogP) is 2.85. The number of benzene rings is 1. The van der Waals surface area contributed by atoms with Gasteiger partial charge < -0.3 is 15.3 Å². The van der Waals surface area contributed by atoms with Gasteiger partial charge in [0.25, 0.3) is 0 Å². The smallest absolute Gasteiger partial charge is 0.0771 e. The highest BCUT2D eigenvalue weighted by atomic mass is 16.3. The molecule has 2 N–H and O–H groups in total. The minimum Gasteiger partial charge on any atom is -0.389 e. The van der Waals surface area contributed by atoms with Crippen molar-refractivity contribution in [2.45, 2.75) is 57.1 Å². The van der Waals surface area contributed by atoms with E-state index in [-0.39, 0.29) is 0 Å². The Morgan fingerprint density at radius 2 is 2.00 bits per heavy atom. The van der Waals surface area contributed by atoms with Crippen molar-refractivity contribution in [3.63, 3.8) is 0 Å². The lowest BCUT2D eigenvalue weighted by Gasteiger charge is -2.32. The Bertz CT molecular complexity index is 480. The number of aliphatic hydroxyl groups is 1. The highest BCUT2D eigenvalue weighted by Crippen LogP contribution is 2.28. The summed E-state index contributed by atoms with van der Waals surface area (Å²) in [7, 11) is 2.18. The van der Waals surface area contributed by atoms with E-state index in [0.29, 0.717) is 0 Å². The summed E-state index contributed by atoms with van der Waals surface area (Å²) in [4.78, 5) is 2.35. The van der Waals surface area contributed by atoms with Crippen LogP contribution in [-0.2, 0) is 13.0 Å². The van der Waals surface area contributed by atoms with Gasteiger partial charge in [0.05, 0.1) is 5.60 Å². The second kappa shape index (κ2) is 6.37. The van der Waals surface area contributed by atoms with Crippen LogP contribution in [0.1, 0.15) is 49.7 Å². The topological polar surface area (TPSA) is 35.5 Å². The zero-order chi connectivity index (χ0) is 14.7. The molecule has 0 unspecified atom stereocenters. The minimum absolute atomic E-state index is 0.466. The van der Waals surface area contributed by atoms with Crippen LogP contribution in [0.4, 0.5) is 5.69 Å². The molecule has 1 aromatic rings. The largest absolute Gasteiger partial charge is 0.389 e. The van der Waals surface area contributed by atoms with Crippen LogP contribution in [0.5, 0.6) is 0 Å². The maximum Gasteiger partial charge on any atom is 0.0771 e. The average Bonchev–Trinajstić information content (AvgIpc) is 2.48. The van der Waals surface area contributed by atoms with Gasteiger partial charge in [-0.15, -0.1) is 0 Å². The summed E-state index contributed by atoms with van der Waals surface area (Å²) in [6, 6.07) is 6.81. The molecule has 0 saturated heterocycles. The van der Waals surface area contributed by atoms with Crippen molar-refractivity contribution in [1.82, 2.24) is 5.32 Å². The fourth-order valence-corrected chi connectivity index (χ4v) is 3.77. The van der Waals surface area contributed by atoms with Gasteiger partial charge in [-0.1, -0.05) is 31.4 Å². The Hall–Kier alpha value is -1.06. The second-order valence-electron chi connectivity index (χ2n) is 6.88. The molecule has 1 aliphatic heterocycles. The van der Waals surface area contributed by atoms with Crippen LogP contribution in [0.15, 0.2) is 18.2 Å². The third kappa shape index (κ3) is 3.58. The molecule has 1 aromatic carbocycles. The molecule has 2 aliphatic rings. The molecule has 1 heterocycles. The second-order valence-corrected chi connectivity index (χ2v) is 6.88. The summed E-state index contributed by atoms with van der Waals surface area (Å²) in [5.74, 6) is 0. The molecule has 0 aromatic heterocycles. The van der Waals surface area contributed by atoms with E-state index in [9.17, 15) is 5.11 Å². The van der Waals surface area contributed by atoms with Gasteiger partial charge in [-0.05, 0) is 42.9 Å². The number of anilines is 1. The van der Waals surface area contributed by atoms with E-state index in [0.717, 1.165) is 32.5 Å². The molecule has 0 atom stereocenters. The van der Waals surface area contributed by atoms with Crippen molar-refractivity contribution in [1.29, 1.82) is 0 Å². The van der Waals surface area contributed by atoms with E-state index in [1.807, 2.05) is 0 Å². The van der Waals surface area contributed by atoms with E-state index < -0.39 is 5.60 Å². The van der Waals surface area contributed by atoms with Crippen LogP contribution < -0.4 is 10.2 Å². The Balaban J connectivity index is 1.56. The van der Waals surface area contributed by atoms with Gasteiger partial charge in [0.1, 0.15) is 0 Å². The van der Waals surface area contributed by atoms with Crippen LogP contribution in [0.2, 0.25) is 0 Å². The lowest BCUT2D eigenvalue weighted by atomic mass is 9.85. The SMILES string of the molecule is CN1CCCc2cc(CNCC3(O)CCCCC3)ccc21. The summed E-state index contributed by atoms with van der Waals surface area (Å²) < 4.78 is 0. The van der Waals surface area contributed by atoms with E-state index in [4.69, 9.17) is 0 Å². The molecular formula is C18H28N2O. The van der Waals surface area contributed by atoms with E-state index in [2.05, 4.69) is 35.5 Å². The summed E-state index contributed by atoms with van der Waals surface area (Å²) in [6.45, 7) is 2.75. The average molecular weight is 288 g/mol. The van der Waals surface area contributed by atoms with Gasteiger partial charge in [-0.25, -0.2) is 0 Å². The van der Waals surface area contributed by atoms with Crippen LogP contribution in [0, 0.1) is 0 Å². The quantitative estimate of drug-likeness (QED) is 0.894. The molecule has 1 saturated carbocycles. The molecule has 116 valence electrons. The molecule has 1 aliphatic carbocycles. The van der Waals surface area contributed by atoms with Gasteiger partial charge in [-0.2, -0.15) is 0 Å². The van der Waals surface area contributed by atoms with E-state index >= 15 is 0 Å². The van der Waals surface area contributed by atoms with Crippen molar-refractivity contribution >= 4 is 5.69 Å². The first-order valence-corrected chi connectivity index (χ1v) is 8.42. The van der Waals surface area contributed by atoms with Crippen LogP contribution in [0.25, 0.3) is 0 Å². The molecule has 0 bridgehead atoms. The zero-order valence-corrected chi connectivity index (χ0v) is 13.2. The normalized spacial score (nSPS) is 21.1. The number of hydrogen-bond acceptors (Lipinski definition) is 3. The number of rotatable bonds is 4. The predicted molar refractivity (Wildman–Crippen MR) is 87.8 cm³/mol. The molecule has 0 radical (unpaired) electrons. The van der Waals surface area contributed by atoms with Crippen molar-refractivity contribution < 1.29 is 5.11 Å². The van der Waals surface area contributed by atoms with Gasteiger partial charge in [0, 0.05) is 32.4 Å². The fraction of sp³-hybridized carbons (Fsp3) is 0.667. The van der Waals surface area contributed by atoms with E-state index in [1.54, 1.807) is 0 Å². The summed E-state index contributed by atoms with van der Waals surface area (Å²) in [5, 5.41) is 14.0. The van der Waals surface area contributed by atoms with Gasteiger partial charge in [0.15, 0.2) is 0 Å². The molecular weight excluding hydrogens is 260 g/mol. The maximum absolute atomic E-state index is 10.5. The summed E-state index contributed by atoms with van der Waals surface area (Å²) >= 11 is 0. The molecule has 3 rings (SSSR count). The van der Waals surface area contributed by atoms with Gasteiger partial charge in [0.2, 0.25) is 0 Å². The third-order valence-corrected chi connectivity index (χ3v) is 5.06. The first kappa shape index (κ1) is 14.9. The summed E-state index contributed by atoms with van der Waals surface area (Å²) in [6.07, 6.45) is 7.97. The Labute approximate surface area is 128 Å². The van der Waals surface area contributed by atoms with Crippen molar-refractivity contribution in [3.05, 3.63) is 29.3 Å². The van der Waals surface area contributed by atoms with Crippen molar-refractivity contribution in [3.8, 4) is 0 Å². The fourth-order valence-electron chi connectivity index (χ4n) is 3.77. The molecule has 21 heavy (non-hydrogen) atoms. The number of fused-ring (bicyclic) bond motifs is 1. The minimum atomic E-state index is -0.466. The molecule has 3 nitrogen and oxygen atoms in total. The Morgan fingerprint density at radius 3 is 2.81 bits per heavy atom. The lowest BCUT2D eigenvalue weighted by Crippen LogP contribution is -2.41. The number of nitrogens with one attached hydrogen (secondary N) is 1. The third-order valence-electron chi connectivity index (χ3n) is 5.06. The maximum atomic E-state index is 10.5.